The van der Waals surface area contributed by atoms with Gasteiger partial charge in [-0.2, -0.15) is 0 Å². The minimum absolute atomic E-state index is 0. The van der Waals surface area contributed by atoms with Crippen molar-refractivity contribution < 1.29 is 4.39 Å². The van der Waals surface area contributed by atoms with Gasteiger partial charge in [-0.25, -0.2) is 4.39 Å². The number of nitrogens with zero attached hydrogens (tertiary/aromatic N) is 1. The van der Waals surface area contributed by atoms with Crippen LogP contribution in [0.3, 0.4) is 0 Å². The summed E-state index contributed by atoms with van der Waals surface area (Å²) in [6.07, 6.45) is 6.63. The van der Waals surface area contributed by atoms with Crippen molar-refractivity contribution >= 4 is 12.4 Å². The monoisotopic (exact) mass is 326 g/mol. The summed E-state index contributed by atoms with van der Waals surface area (Å²) >= 11 is 0. The molecule has 1 saturated heterocycles. The smallest absolute Gasteiger partial charge is 0.126 e. The summed E-state index contributed by atoms with van der Waals surface area (Å²) in [6, 6.07) is 6.03. The van der Waals surface area contributed by atoms with Crippen LogP contribution in [0.2, 0.25) is 0 Å². The van der Waals surface area contributed by atoms with Gasteiger partial charge in [0.05, 0.1) is 0 Å². The van der Waals surface area contributed by atoms with Crippen LogP contribution in [0.25, 0.3) is 0 Å². The lowest BCUT2D eigenvalue weighted by molar-refractivity contribution is 0.103. The van der Waals surface area contributed by atoms with E-state index in [1.54, 1.807) is 6.07 Å². The molecule has 0 unspecified atom stereocenters. The van der Waals surface area contributed by atoms with E-state index in [0.29, 0.717) is 12.0 Å². The predicted molar refractivity (Wildman–Crippen MR) is 92.1 cm³/mol. The van der Waals surface area contributed by atoms with E-state index >= 15 is 0 Å². The van der Waals surface area contributed by atoms with Gasteiger partial charge in [-0.3, -0.25) is 4.90 Å². The number of hydrogen-bond acceptors (Lipinski definition) is 2. The number of piperazine rings is 1. The van der Waals surface area contributed by atoms with E-state index in [0.717, 1.165) is 31.7 Å². The molecule has 2 aliphatic rings. The van der Waals surface area contributed by atoms with Crippen LogP contribution in [-0.4, -0.2) is 31.1 Å². The van der Waals surface area contributed by atoms with Crippen LogP contribution in [0, 0.1) is 18.7 Å². The van der Waals surface area contributed by atoms with Crippen LogP contribution in [0.5, 0.6) is 0 Å². The molecular weight excluding hydrogens is 299 g/mol. The second-order valence-corrected chi connectivity index (χ2v) is 6.58. The highest BCUT2D eigenvalue weighted by Gasteiger charge is 2.32. The van der Waals surface area contributed by atoms with Crippen LogP contribution in [0.1, 0.15) is 49.3 Å². The lowest BCUT2D eigenvalue weighted by atomic mass is 9.79. The molecule has 1 N–H and O–H groups in total. The van der Waals surface area contributed by atoms with E-state index in [2.05, 4.69) is 16.3 Å². The van der Waals surface area contributed by atoms with E-state index < -0.39 is 0 Å². The van der Waals surface area contributed by atoms with Gasteiger partial charge in [-0.15, -0.1) is 12.4 Å². The summed E-state index contributed by atoms with van der Waals surface area (Å²) < 4.78 is 14.0. The number of hydrogen-bond donors (Lipinski definition) is 1. The maximum absolute atomic E-state index is 14.0. The van der Waals surface area contributed by atoms with Crippen molar-refractivity contribution in [3.05, 3.63) is 35.1 Å². The summed E-state index contributed by atoms with van der Waals surface area (Å²) in [5.41, 5.74) is 2.08. The van der Waals surface area contributed by atoms with Crippen molar-refractivity contribution in [1.29, 1.82) is 0 Å². The maximum Gasteiger partial charge on any atom is 0.126 e. The van der Waals surface area contributed by atoms with Gasteiger partial charge < -0.3 is 5.32 Å². The summed E-state index contributed by atoms with van der Waals surface area (Å²) in [4.78, 5) is 2.59. The van der Waals surface area contributed by atoms with Crippen molar-refractivity contribution in [3.8, 4) is 0 Å². The fourth-order valence-electron chi connectivity index (χ4n) is 4.10. The highest BCUT2D eigenvalue weighted by Crippen LogP contribution is 2.39. The van der Waals surface area contributed by atoms with E-state index in [4.69, 9.17) is 0 Å². The Morgan fingerprint density at radius 3 is 2.50 bits per heavy atom. The van der Waals surface area contributed by atoms with E-state index in [-0.39, 0.29) is 18.2 Å². The third kappa shape index (κ3) is 3.81. The molecule has 3 rings (SSSR count). The summed E-state index contributed by atoms with van der Waals surface area (Å²) in [7, 11) is 0. The Bertz CT molecular complexity index is 450. The first-order chi connectivity index (χ1) is 10.3. The third-order valence-corrected chi connectivity index (χ3v) is 5.27. The van der Waals surface area contributed by atoms with Crippen LogP contribution in [0.4, 0.5) is 4.39 Å². The molecule has 22 heavy (non-hydrogen) atoms. The minimum Gasteiger partial charge on any atom is -0.314 e. The van der Waals surface area contributed by atoms with Gasteiger partial charge in [0, 0.05) is 32.2 Å². The Hall–Kier alpha value is -0.640. The molecule has 1 aliphatic heterocycles. The Morgan fingerprint density at radius 1 is 1.14 bits per heavy atom. The molecule has 1 heterocycles. The standard InChI is InChI=1S/C18H27FN2.ClH/c1-14-16(8-5-9-17(14)19)18(15-6-3-2-4-7-15)21-12-10-20-11-13-21;/h5,8-9,15,18,20H,2-4,6-7,10-13H2,1H3;1H/t18-;/m1./s1. The molecule has 4 heteroatoms. The molecule has 124 valence electrons. The zero-order chi connectivity index (χ0) is 14.7. The molecule has 0 radical (unpaired) electrons. The zero-order valence-corrected chi connectivity index (χ0v) is 14.3. The second kappa shape index (κ2) is 8.28. The van der Waals surface area contributed by atoms with Gasteiger partial charge in [0.1, 0.15) is 5.82 Å². The number of benzene rings is 1. The summed E-state index contributed by atoms with van der Waals surface area (Å²) in [6.45, 7) is 6.21. The molecule has 0 spiro atoms. The molecule has 1 aromatic carbocycles. The number of rotatable bonds is 3. The second-order valence-electron chi connectivity index (χ2n) is 6.58. The number of nitrogens with one attached hydrogen (secondary N) is 1. The van der Waals surface area contributed by atoms with E-state index in [9.17, 15) is 4.39 Å². The van der Waals surface area contributed by atoms with Gasteiger partial charge in [0.2, 0.25) is 0 Å². The highest BCUT2D eigenvalue weighted by molar-refractivity contribution is 5.85. The zero-order valence-electron chi connectivity index (χ0n) is 13.5. The molecule has 2 nitrogen and oxygen atoms in total. The van der Waals surface area contributed by atoms with Crippen molar-refractivity contribution in [2.24, 2.45) is 5.92 Å². The van der Waals surface area contributed by atoms with Crippen molar-refractivity contribution in [2.75, 3.05) is 26.2 Å². The third-order valence-electron chi connectivity index (χ3n) is 5.27. The first-order valence-electron chi connectivity index (χ1n) is 8.47. The van der Waals surface area contributed by atoms with E-state index in [1.165, 1.54) is 37.7 Å². The summed E-state index contributed by atoms with van der Waals surface area (Å²) in [5, 5.41) is 3.43. The first kappa shape index (κ1) is 17.7. The molecule has 1 aromatic rings. The lowest BCUT2D eigenvalue weighted by Crippen LogP contribution is -2.47. The molecular formula is C18H28ClFN2. The largest absolute Gasteiger partial charge is 0.314 e. The average molecular weight is 327 g/mol. The lowest BCUT2D eigenvalue weighted by Gasteiger charge is -2.41. The average Bonchev–Trinajstić information content (AvgIpc) is 2.54. The Morgan fingerprint density at radius 2 is 1.82 bits per heavy atom. The molecule has 1 aliphatic carbocycles. The molecule has 0 bridgehead atoms. The SMILES string of the molecule is Cc1c(F)cccc1[C@@H](C1CCCCC1)N1CCNCC1.Cl. The van der Waals surface area contributed by atoms with Crippen molar-refractivity contribution in [2.45, 2.75) is 45.1 Å². The predicted octanol–water partition coefficient (Wildman–Crippen LogP) is 4.08. The molecule has 1 atom stereocenters. The van der Waals surface area contributed by atoms with Crippen LogP contribution in [0.15, 0.2) is 18.2 Å². The van der Waals surface area contributed by atoms with Gasteiger partial charge in [-0.1, -0.05) is 31.4 Å². The Kier molecular flexibility index (Phi) is 6.66. The normalized spacial score (nSPS) is 22.1. The Labute approximate surface area is 139 Å². The molecule has 1 saturated carbocycles. The van der Waals surface area contributed by atoms with Crippen LogP contribution < -0.4 is 5.32 Å². The van der Waals surface area contributed by atoms with Crippen LogP contribution in [-0.2, 0) is 0 Å². The first-order valence-corrected chi connectivity index (χ1v) is 8.47. The minimum atomic E-state index is -0.0524. The van der Waals surface area contributed by atoms with E-state index in [1.807, 2.05) is 13.0 Å². The fraction of sp³-hybridized carbons (Fsp3) is 0.667. The molecule has 2 fully saturated rings. The van der Waals surface area contributed by atoms with Crippen molar-refractivity contribution in [3.63, 3.8) is 0 Å². The topological polar surface area (TPSA) is 15.3 Å². The fourth-order valence-corrected chi connectivity index (χ4v) is 4.10. The quantitative estimate of drug-likeness (QED) is 0.900. The Balaban J connectivity index is 0.00000176. The van der Waals surface area contributed by atoms with Gasteiger partial charge in [0.15, 0.2) is 0 Å². The highest BCUT2D eigenvalue weighted by atomic mass is 35.5. The van der Waals surface area contributed by atoms with Gasteiger partial charge >= 0.3 is 0 Å². The maximum atomic E-state index is 14.0. The molecule has 0 amide bonds. The van der Waals surface area contributed by atoms with Crippen molar-refractivity contribution in [1.82, 2.24) is 10.2 Å². The van der Waals surface area contributed by atoms with Gasteiger partial charge in [-0.05, 0) is 42.9 Å². The number of halogens is 2. The summed E-state index contributed by atoms with van der Waals surface area (Å²) in [5.74, 6) is 0.640. The molecule has 0 aromatic heterocycles. The van der Waals surface area contributed by atoms with Crippen LogP contribution >= 0.6 is 12.4 Å². The van der Waals surface area contributed by atoms with Gasteiger partial charge in [0.25, 0.3) is 0 Å².